The van der Waals surface area contributed by atoms with Crippen molar-refractivity contribution in [3.8, 4) is 5.75 Å². The van der Waals surface area contributed by atoms with E-state index in [1.807, 2.05) is 10.3 Å². The molecule has 0 atom stereocenters. The van der Waals surface area contributed by atoms with Gasteiger partial charge in [0.25, 0.3) is 15.9 Å². The summed E-state index contributed by atoms with van der Waals surface area (Å²) < 4.78 is 43.5. The molecule has 2 aromatic carbocycles. The third kappa shape index (κ3) is 4.06. The largest absolute Gasteiger partial charge is 0.495 e. The maximum atomic E-state index is 13.5. The first-order valence-electron chi connectivity index (χ1n) is 6.25. The van der Waals surface area contributed by atoms with E-state index in [0.717, 1.165) is 6.07 Å². The molecule has 0 heterocycles. The van der Waals surface area contributed by atoms with Gasteiger partial charge in [-0.1, -0.05) is 28.1 Å². The number of sulfonamides is 1. The van der Waals surface area contributed by atoms with E-state index in [9.17, 15) is 17.6 Å². The fourth-order valence-electron chi connectivity index (χ4n) is 1.74. The summed E-state index contributed by atoms with van der Waals surface area (Å²) in [5.41, 5.74) is 1.68. The zero-order chi connectivity index (χ0) is 17.0. The molecule has 0 saturated heterocycles. The lowest BCUT2D eigenvalue weighted by Crippen LogP contribution is -2.41. The van der Waals surface area contributed by atoms with Crippen LogP contribution in [0.3, 0.4) is 0 Å². The summed E-state index contributed by atoms with van der Waals surface area (Å²) in [4.78, 5) is 13.6. The van der Waals surface area contributed by atoms with E-state index >= 15 is 0 Å². The van der Waals surface area contributed by atoms with Crippen LogP contribution in [0.5, 0.6) is 5.75 Å². The molecule has 0 saturated carbocycles. The Balaban J connectivity index is 2.21. The summed E-state index contributed by atoms with van der Waals surface area (Å²) in [6, 6.07) is 9.59. The van der Waals surface area contributed by atoms with Gasteiger partial charge in [0.2, 0.25) is 0 Å². The fourth-order valence-corrected chi connectivity index (χ4v) is 3.29. The van der Waals surface area contributed by atoms with Gasteiger partial charge in [-0.15, -0.1) is 4.83 Å². The summed E-state index contributed by atoms with van der Waals surface area (Å²) in [5, 5.41) is 0. The number of hydrogen-bond acceptors (Lipinski definition) is 4. The maximum Gasteiger partial charge on any atom is 0.269 e. The molecule has 0 aromatic heterocycles. The number of carbonyl (C=O) groups excluding carboxylic acids is 1. The monoisotopic (exact) mass is 402 g/mol. The minimum Gasteiger partial charge on any atom is -0.495 e. The zero-order valence-corrected chi connectivity index (χ0v) is 14.2. The van der Waals surface area contributed by atoms with Crippen molar-refractivity contribution in [2.75, 3.05) is 7.11 Å². The van der Waals surface area contributed by atoms with Gasteiger partial charge in [0.15, 0.2) is 0 Å². The minimum absolute atomic E-state index is 0.0980. The summed E-state index contributed by atoms with van der Waals surface area (Å²) in [6.07, 6.45) is 0. The summed E-state index contributed by atoms with van der Waals surface area (Å²) >= 11 is 3.16. The van der Waals surface area contributed by atoms with E-state index in [1.54, 1.807) is 6.07 Å². The topological polar surface area (TPSA) is 84.5 Å². The Morgan fingerprint density at radius 2 is 1.91 bits per heavy atom. The molecule has 1 amide bonds. The van der Waals surface area contributed by atoms with Crippen molar-refractivity contribution in [2.45, 2.75) is 4.90 Å². The maximum absolute atomic E-state index is 13.5. The van der Waals surface area contributed by atoms with Gasteiger partial charge in [-0.2, -0.15) is 0 Å². The van der Waals surface area contributed by atoms with E-state index in [-0.39, 0.29) is 16.2 Å². The van der Waals surface area contributed by atoms with Gasteiger partial charge in [0.05, 0.1) is 12.7 Å². The molecule has 2 rings (SSSR count). The number of benzene rings is 2. The van der Waals surface area contributed by atoms with Crippen LogP contribution in [0.1, 0.15) is 10.4 Å². The second-order valence-corrected chi connectivity index (χ2v) is 6.90. The molecule has 9 heteroatoms. The fraction of sp³-hybridized carbons (Fsp3) is 0.0714. The van der Waals surface area contributed by atoms with E-state index in [0.29, 0.717) is 4.47 Å². The predicted octanol–water partition coefficient (Wildman–Crippen LogP) is 2.22. The van der Waals surface area contributed by atoms with Crippen LogP contribution in [0.25, 0.3) is 0 Å². The summed E-state index contributed by atoms with van der Waals surface area (Å²) in [5.74, 6) is -1.58. The molecule has 0 fully saturated rings. The highest BCUT2D eigenvalue weighted by atomic mass is 79.9. The molecule has 0 spiro atoms. The van der Waals surface area contributed by atoms with Crippen molar-refractivity contribution >= 4 is 31.9 Å². The molecule has 0 aliphatic rings. The van der Waals surface area contributed by atoms with Crippen LogP contribution in [0.2, 0.25) is 0 Å². The van der Waals surface area contributed by atoms with Crippen LogP contribution >= 0.6 is 15.9 Å². The molecule has 0 unspecified atom stereocenters. The average molecular weight is 403 g/mol. The molecule has 23 heavy (non-hydrogen) atoms. The lowest BCUT2D eigenvalue weighted by Gasteiger charge is -2.12. The summed E-state index contributed by atoms with van der Waals surface area (Å²) in [6.45, 7) is 0. The van der Waals surface area contributed by atoms with Crippen molar-refractivity contribution in [2.24, 2.45) is 0 Å². The molecule has 122 valence electrons. The van der Waals surface area contributed by atoms with Crippen LogP contribution in [-0.2, 0) is 10.0 Å². The number of hydrogen-bond donors (Lipinski definition) is 2. The number of rotatable bonds is 5. The quantitative estimate of drug-likeness (QED) is 0.750. The van der Waals surface area contributed by atoms with Crippen LogP contribution in [0.15, 0.2) is 51.8 Å². The molecule has 0 bridgehead atoms. The third-order valence-electron chi connectivity index (χ3n) is 2.83. The third-order valence-corrected chi connectivity index (χ3v) is 4.59. The van der Waals surface area contributed by atoms with Crippen LogP contribution in [0, 0.1) is 5.82 Å². The van der Waals surface area contributed by atoms with Gasteiger partial charge in [0.1, 0.15) is 16.5 Å². The molecule has 0 aliphatic carbocycles. The smallest absolute Gasteiger partial charge is 0.269 e. The Morgan fingerprint density at radius 3 is 2.57 bits per heavy atom. The summed E-state index contributed by atoms with van der Waals surface area (Å²) in [7, 11) is -2.78. The Labute approximate surface area is 140 Å². The Hall–Kier alpha value is -1.97. The van der Waals surface area contributed by atoms with E-state index in [1.165, 1.54) is 37.4 Å². The van der Waals surface area contributed by atoms with Crippen LogP contribution < -0.4 is 15.0 Å². The molecular weight excluding hydrogens is 391 g/mol. The second kappa shape index (κ2) is 7.07. The van der Waals surface area contributed by atoms with Crippen molar-refractivity contribution in [3.05, 3.63) is 58.3 Å². The van der Waals surface area contributed by atoms with Crippen LogP contribution in [-0.4, -0.2) is 21.4 Å². The molecule has 6 nitrogen and oxygen atoms in total. The van der Waals surface area contributed by atoms with Crippen molar-refractivity contribution in [1.82, 2.24) is 10.3 Å². The first-order valence-corrected chi connectivity index (χ1v) is 8.53. The predicted molar refractivity (Wildman–Crippen MR) is 84.9 cm³/mol. The normalized spacial score (nSPS) is 11.1. The van der Waals surface area contributed by atoms with Gasteiger partial charge < -0.3 is 4.74 Å². The standard InChI is InChI=1S/C14H12BrFN2O4S/c1-22-12-7-6-9(15)8-13(12)23(20,21)18-17-14(19)10-4-2-3-5-11(10)16/h2-8,18H,1H3,(H,17,19). The first-order chi connectivity index (χ1) is 10.8. The van der Waals surface area contributed by atoms with Gasteiger partial charge in [-0.05, 0) is 30.3 Å². The molecule has 2 N–H and O–H groups in total. The van der Waals surface area contributed by atoms with Gasteiger partial charge in [0, 0.05) is 4.47 Å². The number of nitrogens with one attached hydrogen (secondary N) is 2. The second-order valence-electron chi connectivity index (χ2n) is 4.33. The van der Waals surface area contributed by atoms with Crippen molar-refractivity contribution in [3.63, 3.8) is 0 Å². The zero-order valence-electron chi connectivity index (χ0n) is 11.8. The Kier molecular flexibility index (Phi) is 5.34. The minimum atomic E-state index is -4.10. The van der Waals surface area contributed by atoms with E-state index in [4.69, 9.17) is 4.74 Å². The number of amides is 1. The van der Waals surface area contributed by atoms with E-state index < -0.39 is 21.7 Å². The van der Waals surface area contributed by atoms with Gasteiger partial charge in [-0.25, -0.2) is 12.8 Å². The van der Waals surface area contributed by atoms with Crippen molar-refractivity contribution in [1.29, 1.82) is 0 Å². The Morgan fingerprint density at radius 1 is 1.22 bits per heavy atom. The van der Waals surface area contributed by atoms with E-state index in [2.05, 4.69) is 15.9 Å². The number of halogens is 2. The van der Waals surface area contributed by atoms with Gasteiger partial charge in [-0.3, -0.25) is 10.2 Å². The highest BCUT2D eigenvalue weighted by molar-refractivity contribution is 9.10. The number of methoxy groups -OCH3 is 1. The lowest BCUT2D eigenvalue weighted by molar-refractivity contribution is 0.0941. The Bertz CT molecular complexity index is 842. The highest BCUT2D eigenvalue weighted by Gasteiger charge is 2.21. The molecule has 0 aliphatic heterocycles. The molecule has 0 radical (unpaired) electrons. The van der Waals surface area contributed by atoms with Gasteiger partial charge >= 0.3 is 0 Å². The lowest BCUT2D eigenvalue weighted by atomic mass is 10.2. The highest BCUT2D eigenvalue weighted by Crippen LogP contribution is 2.26. The molecular formula is C14H12BrFN2O4S. The molecule has 2 aromatic rings. The van der Waals surface area contributed by atoms with Crippen molar-refractivity contribution < 1.29 is 22.3 Å². The number of carbonyl (C=O) groups is 1. The SMILES string of the molecule is COc1ccc(Br)cc1S(=O)(=O)NNC(=O)c1ccccc1F. The number of hydrazine groups is 1. The van der Waals surface area contributed by atoms with Crippen LogP contribution in [0.4, 0.5) is 4.39 Å². The first kappa shape index (κ1) is 17.4. The average Bonchev–Trinajstić information content (AvgIpc) is 2.53. The number of ether oxygens (including phenoxy) is 1.